The summed E-state index contributed by atoms with van der Waals surface area (Å²) in [5, 5.41) is 8.74. The SMILES string of the molecule is CCOC(=O)CC(=O)c1cc(CCCO)ccc1F. The Bertz CT molecular complexity index is 457. The smallest absolute Gasteiger partial charge is 0.313 e. The van der Waals surface area contributed by atoms with E-state index in [1.807, 2.05) is 0 Å². The second-order valence-electron chi connectivity index (χ2n) is 4.05. The van der Waals surface area contributed by atoms with Gasteiger partial charge in [-0.2, -0.15) is 0 Å². The minimum atomic E-state index is -0.660. The summed E-state index contributed by atoms with van der Waals surface area (Å²) in [5.41, 5.74) is 0.645. The number of aliphatic hydroxyl groups excluding tert-OH is 1. The molecule has 0 aliphatic carbocycles. The Morgan fingerprint density at radius 1 is 1.37 bits per heavy atom. The lowest BCUT2D eigenvalue weighted by Gasteiger charge is -2.06. The number of ketones is 1. The Morgan fingerprint density at radius 3 is 2.74 bits per heavy atom. The van der Waals surface area contributed by atoms with Crippen LogP contribution in [-0.2, 0) is 16.0 Å². The highest BCUT2D eigenvalue weighted by molar-refractivity contribution is 6.06. The van der Waals surface area contributed by atoms with Gasteiger partial charge in [0.25, 0.3) is 0 Å². The maximum atomic E-state index is 13.6. The summed E-state index contributed by atoms with van der Waals surface area (Å²) in [6.45, 7) is 1.85. The molecule has 0 unspecified atom stereocenters. The van der Waals surface area contributed by atoms with Gasteiger partial charge in [-0.05, 0) is 37.5 Å². The van der Waals surface area contributed by atoms with Crippen molar-refractivity contribution in [2.24, 2.45) is 0 Å². The molecule has 0 saturated heterocycles. The van der Waals surface area contributed by atoms with Crippen molar-refractivity contribution in [3.8, 4) is 0 Å². The van der Waals surface area contributed by atoms with Gasteiger partial charge in [-0.15, -0.1) is 0 Å². The zero-order valence-corrected chi connectivity index (χ0v) is 10.8. The maximum absolute atomic E-state index is 13.6. The van der Waals surface area contributed by atoms with Crippen molar-refractivity contribution < 1.29 is 23.8 Å². The van der Waals surface area contributed by atoms with Gasteiger partial charge in [0, 0.05) is 6.61 Å². The van der Waals surface area contributed by atoms with Crippen LogP contribution < -0.4 is 0 Å². The molecule has 0 atom stereocenters. The van der Waals surface area contributed by atoms with Gasteiger partial charge in [0.05, 0.1) is 12.2 Å². The van der Waals surface area contributed by atoms with E-state index < -0.39 is 24.0 Å². The van der Waals surface area contributed by atoms with E-state index in [0.717, 1.165) is 5.56 Å². The van der Waals surface area contributed by atoms with Crippen LogP contribution in [0, 0.1) is 5.82 Å². The summed E-state index contributed by atoms with van der Waals surface area (Å²) in [7, 11) is 0. The lowest BCUT2D eigenvalue weighted by atomic mass is 10.0. The van der Waals surface area contributed by atoms with Gasteiger partial charge in [0.15, 0.2) is 5.78 Å². The molecule has 19 heavy (non-hydrogen) atoms. The summed E-state index contributed by atoms with van der Waals surface area (Å²) < 4.78 is 18.2. The average Bonchev–Trinajstić information content (AvgIpc) is 2.37. The van der Waals surface area contributed by atoms with E-state index in [9.17, 15) is 14.0 Å². The Balaban J connectivity index is 2.80. The number of hydrogen-bond donors (Lipinski definition) is 1. The van der Waals surface area contributed by atoms with Crippen LogP contribution in [0.5, 0.6) is 0 Å². The first-order chi connectivity index (χ1) is 9.08. The molecule has 0 radical (unpaired) electrons. The first kappa shape index (κ1) is 15.3. The fourth-order valence-electron chi connectivity index (χ4n) is 1.66. The van der Waals surface area contributed by atoms with E-state index in [-0.39, 0.29) is 18.8 Å². The fraction of sp³-hybridized carbons (Fsp3) is 0.429. The van der Waals surface area contributed by atoms with E-state index in [1.165, 1.54) is 12.1 Å². The number of aliphatic hydroxyl groups is 1. The molecule has 0 saturated carbocycles. The van der Waals surface area contributed by atoms with Crippen molar-refractivity contribution in [3.05, 3.63) is 35.1 Å². The Hall–Kier alpha value is -1.75. The molecular weight excluding hydrogens is 251 g/mol. The summed E-state index contributed by atoms with van der Waals surface area (Å²) in [6.07, 6.45) is 0.627. The molecule has 0 bridgehead atoms. The van der Waals surface area contributed by atoms with Gasteiger partial charge in [-0.25, -0.2) is 4.39 Å². The third-order valence-corrected chi connectivity index (χ3v) is 2.56. The number of hydrogen-bond acceptors (Lipinski definition) is 4. The van der Waals surface area contributed by atoms with Crippen LogP contribution in [0.25, 0.3) is 0 Å². The lowest BCUT2D eigenvalue weighted by Crippen LogP contribution is -2.13. The quantitative estimate of drug-likeness (QED) is 0.466. The molecule has 4 nitrogen and oxygen atoms in total. The minimum Gasteiger partial charge on any atom is -0.466 e. The van der Waals surface area contributed by atoms with Crippen LogP contribution >= 0.6 is 0 Å². The molecule has 0 aliphatic rings. The van der Waals surface area contributed by atoms with E-state index >= 15 is 0 Å². The summed E-state index contributed by atoms with van der Waals surface area (Å²) in [6, 6.07) is 4.18. The molecule has 0 aromatic heterocycles. The van der Waals surface area contributed by atoms with E-state index in [1.54, 1.807) is 13.0 Å². The minimum absolute atomic E-state index is 0.0312. The molecule has 5 heteroatoms. The topological polar surface area (TPSA) is 63.6 Å². The van der Waals surface area contributed by atoms with Crippen molar-refractivity contribution in [1.29, 1.82) is 0 Å². The van der Waals surface area contributed by atoms with E-state index in [4.69, 9.17) is 5.11 Å². The molecule has 1 N–H and O–H groups in total. The number of aryl methyl sites for hydroxylation is 1. The van der Waals surface area contributed by atoms with Gasteiger partial charge >= 0.3 is 5.97 Å². The highest BCUT2D eigenvalue weighted by Crippen LogP contribution is 2.14. The Kier molecular flexibility index (Phi) is 6.15. The number of benzene rings is 1. The lowest BCUT2D eigenvalue weighted by molar-refractivity contribution is -0.141. The zero-order valence-electron chi connectivity index (χ0n) is 10.8. The molecule has 1 rings (SSSR count). The van der Waals surface area contributed by atoms with Gasteiger partial charge in [0.2, 0.25) is 0 Å². The Labute approximate surface area is 111 Å². The maximum Gasteiger partial charge on any atom is 0.313 e. The zero-order chi connectivity index (χ0) is 14.3. The predicted molar refractivity (Wildman–Crippen MR) is 67.4 cm³/mol. The van der Waals surface area contributed by atoms with Crippen molar-refractivity contribution in [2.45, 2.75) is 26.2 Å². The monoisotopic (exact) mass is 268 g/mol. The second-order valence-corrected chi connectivity index (χ2v) is 4.05. The first-order valence-corrected chi connectivity index (χ1v) is 6.16. The number of carbonyl (C=O) groups is 2. The number of esters is 1. The van der Waals surface area contributed by atoms with Crippen LogP contribution in [0.2, 0.25) is 0 Å². The summed E-state index contributed by atoms with van der Waals surface area (Å²) in [5.74, 6) is -1.91. The molecular formula is C14H17FO4. The number of carbonyl (C=O) groups excluding carboxylic acids is 2. The average molecular weight is 268 g/mol. The molecule has 1 aromatic rings. The molecule has 104 valence electrons. The van der Waals surface area contributed by atoms with Crippen molar-refractivity contribution in [1.82, 2.24) is 0 Å². The predicted octanol–water partition coefficient (Wildman–Crippen LogP) is 1.89. The second kappa shape index (κ2) is 7.63. The van der Waals surface area contributed by atoms with Crippen molar-refractivity contribution >= 4 is 11.8 Å². The van der Waals surface area contributed by atoms with Gasteiger partial charge in [-0.3, -0.25) is 9.59 Å². The van der Waals surface area contributed by atoms with E-state index in [2.05, 4.69) is 4.74 Å². The van der Waals surface area contributed by atoms with Crippen molar-refractivity contribution in [3.63, 3.8) is 0 Å². The fourth-order valence-corrected chi connectivity index (χ4v) is 1.66. The highest BCUT2D eigenvalue weighted by Gasteiger charge is 2.16. The first-order valence-electron chi connectivity index (χ1n) is 6.16. The number of ether oxygens (including phenoxy) is 1. The number of rotatable bonds is 7. The standard InChI is InChI=1S/C14H17FO4/c1-2-19-14(18)9-13(17)11-8-10(4-3-7-16)5-6-12(11)15/h5-6,8,16H,2-4,7,9H2,1H3. The highest BCUT2D eigenvalue weighted by atomic mass is 19.1. The largest absolute Gasteiger partial charge is 0.466 e. The molecule has 0 fully saturated rings. The van der Waals surface area contributed by atoms with Crippen LogP contribution in [-0.4, -0.2) is 30.1 Å². The van der Waals surface area contributed by atoms with Crippen LogP contribution in [0.4, 0.5) is 4.39 Å². The van der Waals surface area contributed by atoms with Crippen LogP contribution in [0.15, 0.2) is 18.2 Å². The van der Waals surface area contributed by atoms with Gasteiger partial charge in [0.1, 0.15) is 12.2 Å². The number of Topliss-reactive ketones (excluding diaryl/α,β-unsaturated/α-hetero) is 1. The molecule has 0 aliphatic heterocycles. The van der Waals surface area contributed by atoms with Crippen LogP contribution in [0.3, 0.4) is 0 Å². The Morgan fingerprint density at radius 2 is 2.11 bits per heavy atom. The summed E-state index contributed by atoms with van der Waals surface area (Å²) in [4.78, 5) is 23.0. The molecule has 0 spiro atoms. The molecule has 0 amide bonds. The molecule has 0 heterocycles. The van der Waals surface area contributed by atoms with Crippen molar-refractivity contribution in [2.75, 3.05) is 13.2 Å². The third-order valence-electron chi connectivity index (χ3n) is 2.56. The molecule has 1 aromatic carbocycles. The number of halogens is 1. The van der Waals surface area contributed by atoms with Crippen LogP contribution in [0.1, 0.15) is 35.7 Å². The van der Waals surface area contributed by atoms with E-state index in [0.29, 0.717) is 12.8 Å². The normalized spacial score (nSPS) is 10.3. The summed E-state index contributed by atoms with van der Waals surface area (Å²) >= 11 is 0. The van der Waals surface area contributed by atoms with Gasteiger partial charge < -0.3 is 9.84 Å². The van der Waals surface area contributed by atoms with Gasteiger partial charge in [-0.1, -0.05) is 6.07 Å². The third kappa shape index (κ3) is 4.79.